The lowest BCUT2D eigenvalue weighted by atomic mass is 9.97. The maximum absolute atomic E-state index is 6.36. The Labute approximate surface area is 281 Å². The standard InChI is InChI=1S/C44H29N3O2/c1-28-34-18-8-11-21-37(34)48-36(28)20-10-7-14-30-25-26-39-41(35-19-9-12-22-38(35)49-39)40(30)44-46-42(31-15-3-2-4-16-31)45-43(47-44)33-24-23-29-13-5-6-17-32(29)27-33/h2-13,15-27H,1,14H2/b10-7-,36-20+. The lowest BCUT2D eigenvalue weighted by molar-refractivity contribution is 0.576. The molecule has 0 fully saturated rings. The zero-order valence-corrected chi connectivity index (χ0v) is 26.5. The van der Waals surface area contributed by atoms with Crippen LogP contribution in [0, 0.1) is 0 Å². The summed E-state index contributed by atoms with van der Waals surface area (Å²) in [5.74, 6) is 1.82. The van der Waals surface area contributed by atoms with Crippen molar-refractivity contribution in [3.05, 3.63) is 162 Å². The van der Waals surface area contributed by atoms with Crippen molar-refractivity contribution in [3.63, 3.8) is 0 Å². The fourth-order valence-electron chi connectivity index (χ4n) is 6.55. The first-order chi connectivity index (χ1) is 24.2. The Hall–Kier alpha value is -6.59. The maximum atomic E-state index is 6.36. The molecule has 0 atom stereocenters. The second-order valence-electron chi connectivity index (χ2n) is 12.0. The Morgan fingerprint density at radius 1 is 0.551 bits per heavy atom. The quantitative estimate of drug-likeness (QED) is 0.183. The van der Waals surface area contributed by atoms with Crippen LogP contribution in [0.15, 0.2) is 154 Å². The Morgan fingerprint density at radius 2 is 1.22 bits per heavy atom. The molecule has 9 aromatic rings. The minimum absolute atomic E-state index is 0.596. The summed E-state index contributed by atoms with van der Waals surface area (Å²) in [5.41, 5.74) is 7.02. The summed E-state index contributed by atoms with van der Waals surface area (Å²) in [6.45, 7) is 4.25. The van der Waals surface area contributed by atoms with Gasteiger partial charge in [0.05, 0.1) is 0 Å². The number of benzene rings is 6. The molecular formula is C44H29N3O2. The molecule has 5 nitrogen and oxygen atoms in total. The number of para-hydroxylation sites is 2. The SMILES string of the molecule is C=c1/c(=C\C=C/Cc2ccc3oc4ccccc4c3c2-c2nc(-c3ccccc3)nc(-c3ccc4ccccc4c3)n2)oc2ccccc12. The van der Waals surface area contributed by atoms with Crippen LogP contribution >= 0.6 is 0 Å². The first-order valence-electron chi connectivity index (χ1n) is 16.3. The number of hydrogen-bond acceptors (Lipinski definition) is 5. The summed E-state index contributed by atoms with van der Waals surface area (Å²) in [7, 11) is 0. The van der Waals surface area contributed by atoms with Gasteiger partial charge in [-0.05, 0) is 53.1 Å². The molecule has 0 aliphatic heterocycles. The molecule has 0 amide bonds. The summed E-state index contributed by atoms with van der Waals surface area (Å²) in [6, 6.07) is 45.0. The molecule has 0 spiro atoms. The monoisotopic (exact) mass is 631 g/mol. The van der Waals surface area contributed by atoms with Crippen LogP contribution in [0.5, 0.6) is 0 Å². The van der Waals surface area contributed by atoms with Gasteiger partial charge in [0.2, 0.25) is 0 Å². The molecule has 49 heavy (non-hydrogen) atoms. The van der Waals surface area contributed by atoms with Crippen molar-refractivity contribution in [2.45, 2.75) is 6.42 Å². The third-order valence-corrected chi connectivity index (χ3v) is 8.98. The molecule has 0 aliphatic carbocycles. The highest BCUT2D eigenvalue weighted by atomic mass is 16.3. The summed E-state index contributed by atoms with van der Waals surface area (Å²) in [5, 5.41) is 6.20. The maximum Gasteiger partial charge on any atom is 0.165 e. The fraction of sp³-hybridized carbons (Fsp3) is 0.0227. The van der Waals surface area contributed by atoms with Crippen molar-refractivity contribution in [2.75, 3.05) is 0 Å². The molecule has 0 N–H and O–H groups in total. The van der Waals surface area contributed by atoms with E-state index in [9.17, 15) is 0 Å². The fourth-order valence-corrected chi connectivity index (χ4v) is 6.55. The van der Waals surface area contributed by atoms with Gasteiger partial charge in [-0.2, -0.15) is 0 Å². The third-order valence-electron chi connectivity index (χ3n) is 8.98. The van der Waals surface area contributed by atoms with Crippen LogP contribution in [-0.2, 0) is 6.42 Å². The molecular weight excluding hydrogens is 603 g/mol. The number of fused-ring (bicyclic) bond motifs is 5. The zero-order chi connectivity index (χ0) is 32.7. The molecule has 0 radical (unpaired) electrons. The number of rotatable bonds is 6. The molecule has 0 saturated carbocycles. The predicted octanol–water partition coefficient (Wildman–Crippen LogP) is 9.66. The minimum atomic E-state index is 0.596. The van der Waals surface area contributed by atoms with E-state index in [0.717, 1.165) is 76.6 Å². The Bertz CT molecular complexity index is 2830. The van der Waals surface area contributed by atoms with Crippen molar-refractivity contribution >= 4 is 56.3 Å². The summed E-state index contributed by atoms with van der Waals surface area (Å²) in [4.78, 5) is 15.4. The predicted molar refractivity (Wildman–Crippen MR) is 199 cm³/mol. The van der Waals surface area contributed by atoms with Gasteiger partial charge in [0.1, 0.15) is 22.2 Å². The molecule has 3 heterocycles. The van der Waals surface area contributed by atoms with E-state index in [-0.39, 0.29) is 0 Å². The lowest BCUT2D eigenvalue weighted by Gasteiger charge is -2.12. The Balaban J connectivity index is 1.24. The molecule has 0 unspecified atom stereocenters. The van der Waals surface area contributed by atoms with Crippen LogP contribution in [-0.4, -0.2) is 15.0 Å². The van der Waals surface area contributed by atoms with Crippen LogP contribution in [0.1, 0.15) is 5.56 Å². The molecule has 0 saturated heterocycles. The average Bonchev–Trinajstić information content (AvgIpc) is 3.70. The number of allylic oxidation sites excluding steroid dienone is 2. The van der Waals surface area contributed by atoms with Gasteiger partial charge in [-0.25, -0.2) is 15.0 Å². The van der Waals surface area contributed by atoms with E-state index in [1.807, 2.05) is 97.1 Å². The van der Waals surface area contributed by atoms with Gasteiger partial charge in [0.15, 0.2) is 17.5 Å². The van der Waals surface area contributed by atoms with E-state index >= 15 is 0 Å². The van der Waals surface area contributed by atoms with Gasteiger partial charge < -0.3 is 8.83 Å². The van der Waals surface area contributed by atoms with Crippen molar-refractivity contribution in [3.8, 4) is 34.2 Å². The first-order valence-corrected chi connectivity index (χ1v) is 16.3. The second kappa shape index (κ2) is 11.9. The molecule has 232 valence electrons. The highest BCUT2D eigenvalue weighted by Gasteiger charge is 2.21. The molecule has 3 aromatic heterocycles. The molecule has 0 aliphatic rings. The first kappa shape index (κ1) is 28.6. The number of furan rings is 2. The van der Waals surface area contributed by atoms with E-state index in [4.69, 9.17) is 23.8 Å². The Kier molecular flexibility index (Phi) is 6.95. The van der Waals surface area contributed by atoms with Crippen LogP contribution < -0.4 is 10.6 Å². The Morgan fingerprint density at radius 3 is 2.04 bits per heavy atom. The average molecular weight is 632 g/mol. The van der Waals surface area contributed by atoms with Crippen molar-refractivity contribution in [1.82, 2.24) is 15.0 Å². The summed E-state index contributed by atoms with van der Waals surface area (Å²) >= 11 is 0. The van der Waals surface area contributed by atoms with Gasteiger partial charge >= 0.3 is 0 Å². The molecule has 5 heteroatoms. The molecule has 0 bridgehead atoms. The molecule has 9 rings (SSSR count). The van der Waals surface area contributed by atoms with Gasteiger partial charge in [-0.1, -0.05) is 128 Å². The highest BCUT2D eigenvalue weighted by Crippen LogP contribution is 2.39. The smallest absolute Gasteiger partial charge is 0.165 e. The normalized spacial score (nSPS) is 12.3. The van der Waals surface area contributed by atoms with Crippen LogP contribution in [0.2, 0.25) is 0 Å². The van der Waals surface area contributed by atoms with E-state index in [1.165, 1.54) is 0 Å². The van der Waals surface area contributed by atoms with Crippen molar-refractivity contribution < 1.29 is 8.83 Å². The van der Waals surface area contributed by atoms with E-state index in [2.05, 4.69) is 61.2 Å². The van der Waals surface area contributed by atoms with Crippen LogP contribution in [0.25, 0.3) is 90.5 Å². The minimum Gasteiger partial charge on any atom is -0.456 e. The van der Waals surface area contributed by atoms with Crippen LogP contribution in [0.3, 0.4) is 0 Å². The highest BCUT2D eigenvalue weighted by molar-refractivity contribution is 6.12. The molecule has 6 aromatic carbocycles. The van der Waals surface area contributed by atoms with E-state index < -0.39 is 0 Å². The zero-order valence-electron chi connectivity index (χ0n) is 26.5. The number of hydrogen-bond donors (Lipinski definition) is 0. The summed E-state index contributed by atoms with van der Waals surface area (Å²) in [6.07, 6.45) is 6.76. The van der Waals surface area contributed by atoms with E-state index in [1.54, 1.807) is 0 Å². The second-order valence-corrected chi connectivity index (χ2v) is 12.0. The lowest BCUT2D eigenvalue weighted by Crippen LogP contribution is -2.17. The van der Waals surface area contributed by atoms with Crippen molar-refractivity contribution in [1.29, 1.82) is 0 Å². The van der Waals surface area contributed by atoms with Crippen LogP contribution in [0.4, 0.5) is 0 Å². The summed E-state index contributed by atoms with van der Waals surface area (Å²) < 4.78 is 12.4. The van der Waals surface area contributed by atoms with Crippen molar-refractivity contribution in [2.24, 2.45) is 0 Å². The number of aromatic nitrogens is 3. The number of nitrogens with zero attached hydrogens (tertiary/aromatic N) is 3. The van der Waals surface area contributed by atoms with E-state index in [0.29, 0.717) is 23.9 Å². The third kappa shape index (κ3) is 5.18. The topological polar surface area (TPSA) is 65.0 Å². The van der Waals surface area contributed by atoms with Gasteiger partial charge in [0.25, 0.3) is 0 Å². The van der Waals surface area contributed by atoms with Gasteiger partial charge in [0, 0.05) is 38.1 Å². The largest absolute Gasteiger partial charge is 0.456 e. The van der Waals surface area contributed by atoms with Gasteiger partial charge in [-0.3, -0.25) is 0 Å². The van der Waals surface area contributed by atoms with Gasteiger partial charge in [-0.15, -0.1) is 0 Å².